The SMILES string of the molecule is CCc1ccc2cc1NC(C(C)O)CSSCC1CC3(CCC4CC5(C)C6(O)C(OC)C=C(O)C6C4C35C)CC1C2. The highest BCUT2D eigenvalue weighted by Crippen LogP contribution is 2.86. The number of aryl methyl sites for hydroxylation is 1. The summed E-state index contributed by atoms with van der Waals surface area (Å²) in [6.45, 7) is 8.99. The van der Waals surface area contributed by atoms with Crippen LogP contribution in [0.2, 0.25) is 0 Å². The van der Waals surface area contributed by atoms with Gasteiger partial charge in [-0.05, 0) is 110 Å². The number of aliphatic hydroxyl groups excluding tert-OH is 2. The second-order valence-electron chi connectivity index (χ2n) is 14.9. The second-order valence-corrected chi connectivity index (χ2v) is 17.5. The van der Waals surface area contributed by atoms with Crippen LogP contribution in [0.3, 0.4) is 0 Å². The Morgan fingerprint density at radius 3 is 2.59 bits per heavy atom. The first-order valence-corrected chi connectivity index (χ1v) is 18.5. The summed E-state index contributed by atoms with van der Waals surface area (Å²) >= 11 is 0. The number of aliphatic hydroxyl groups is 3. The summed E-state index contributed by atoms with van der Waals surface area (Å²) in [7, 11) is 5.59. The van der Waals surface area contributed by atoms with Gasteiger partial charge in [-0.1, -0.05) is 54.5 Å². The van der Waals surface area contributed by atoms with Gasteiger partial charge in [0.15, 0.2) is 0 Å². The molecule has 0 aromatic heterocycles. The first-order chi connectivity index (χ1) is 19.5. The van der Waals surface area contributed by atoms with Crippen molar-refractivity contribution in [1.29, 1.82) is 0 Å². The lowest BCUT2D eigenvalue weighted by Crippen LogP contribution is -2.59. The van der Waals surface area contributed by atoms with Crippen LogP contribution in [0, 0.1) is 45.8 Å². The van der Waals surface area contributed by atoms with Crippen LogP contribution in [0.25, 0.3) is 0 Å². The molecule has 0 saturated heterocycles. The highest BCUT2D eigenvalue weighted by Gasteiger charge is 2.86. The molecule has 41 heavy (non-hydrogen) atoms. The third kappa shape index (κ3) is 3.68. The number of anilines is 1. The zero-order valence-electron chi connectivity index (χ0n) is 25.4. The number of nitrogens with one attached hydrogen (secondary N) is 1. The van der Waals surface area contributed by atoms with Gasteiger partial charge in [0.1, 0.15) is 11.7 Å². The van der Waals surface area contributed by atoms with E-state index in [4.69, 9.17) is 4.74 Å². The van der Waals surface area contributed by atoms with Crippen molar-refractivity contribution in [2.24, 2.45) is 45.8 Å². The first kappa shape index (κ1) is 28.9. The maximum Gasteiger partial charge on any atom is 0.110 e. The summed E-state index contributed by atoms with van der Waals surface area (Å²) in [5.74, 6) is 4.26. The summed E-state index contributed by atoms with van der Waals surface area (Å²) in [5.41, 5.74) is 2.67. The van der Waals surface area contributed by atoms with Gasteiger partial charge in [-0.3, -0.25) is 0 Å². The molecule has 12 atom stereocenters. The lowest BCUT2D eigenvalue weighted by molar-refractivity contribution is -0.181. The fourth-order valence-electron chi connectivity index (χ4n) is 11.7. The molecule has 1 spiro atoms. The van der Waals surface area contributed by atoms with E-state index in [9.17, 15) is 15.3 Å². The maximum atomic E-state index is 12.6. The van der Waals surface area contributed by atoms with E-state index in [1.54, 1.807) is 7.11 Å². The molecule has 1 aromatic rings. The van der Waals surface area contributed by atoms with Crippen LogP contribution in [0.5, 0.6) is 0 Å². The van der Waals surface area contributed by atoms with E-state index in [2.05, 4.69) is 44.3 Å². The Labute approximate surface area is 254 Å². The van der Waals surface area contributed by atoms with Crippen molar-refractivity contribution in [3.8, 4) is 0 Å². The number of ether oxygens (including phenoxy) is 1. The van der Waals surface area contributed by atoms with Crippen LogP contribution < -0.4 is 5.32 Å². The van der Waals surface area contributed by atoms with Gasteiger partial charge in [-0.25, -0.2) is 0 Å². The van der Waals surface area contributed by atoms with Crippen molar-refractivity contribution >= 4 is 27.3 Å². The monoisotopic (exact) mass is 599 g/mol. The molecule has 0 radical (unpaired) electrons. The van der Waals surface area contributed by atoms with Crippen molar-refractivity contribution in [1.82, 2.24) is 0 Å². The average Bonchev–Trinajstić information content (AvgIpc) is 3.53. The van der Waals surface area contributed by atoms with Crippen molar-refractivity contribution in [3.63, 3.8) is 0 Å². The molecule has 5 aliphatic carbocycles. The number of rotatable bonds is 3. The molecule has 226 valence electrons. The first-order valence-electron chi connectivity index (χ1n) is 16.0. The molecule has 1 aromatic carbocycles. The molecule has 12 unspecified atom stereocenters. The molecule has 4 N–H and O–H groups in total. The fraction of sp³-hybridized carbons (Fsp3) is 0.765. The van der Waals surface area contributed by atoms with Crippen LogP contribution in [-0.4, -0.2) is 57.8 Å². The Morgan fingerprint density at radius 2 is 1.85 bits per heavy atom. The van der Waals surface area contributed by atoms with Gasteiger partial charge in [-0.15, -0.1) is 0 Å². The molecule has 1 heterocycles. The average molecular weight is 600 g/mol. The Hall–Kier alpha value is -0.860. The molecule has 0 amide bonds. The smallest absolute Gasteiger partial charge is 0.110 e. The lowest BCUT2D eigenvalue weighted by atomic mass is 9.48. The molecular weight excluding hydrogens is 551 g/mol. The van der Waals surface area contributed by atoms with Crippen LogP contribution in [0.15, 0.2) is 30.0 Å². The molecule has 6 bridgehead atoms. The Bertz CT molecular complexity index is 1240. The van der Waals surface area contributed by atoms with E-state index in [1.165, 1.54) is 42.5 Å². The van der Waals surface area contributed by atoms with Crippen molar-refractivity contribution in [3.05, 3.63) is 41.2 Å². The summed E-state index contributed by atoms with van der Waals surface area (Å²) < 4.78 is 5.89. The van der Waals surface area contributed by atoms with Crippen LogP contribution >= 0.6 is 21.6 Å². The highest BCUT2D eigenvalue weighted by atomic mass is 33.1. The standard InChI is InChI=1S/C34H49NO4S2/c1-6-21-8-7-20-11-23-15-33(16-24(23)17-40-41-18-26(19(2)36)35-25(21)12-20)10-9-22-14-31(3)32(33,4)29(22)30-27(37)13-28(39-5)34(30,31)38/h7-8,12-13,19,22-24,26,28-30,35-38H,6,9-11,14-18H2,1-5H3. The summed E-state index contributed by atoms with van der Waals surface area (Å²) in [6.07, 6.45) is 8.92. The largest absolute Gasteiger partial charge is 0.512 e. The maximum absolute atomic E-state index is 12.6. The van der Waals surface area contributed by atoms with E-state index in [0.29, 0.717) is 29.4 Å². The number of methoxy groups -OCH3 is 1. The molecule has 1 aliphatic heterocycles. The number of hydrogen-bond acceptors (Lipinski definition) is 7. The van der Waals surface area contributed by atoms with Crippen LogP contribution in [0.4, 0.5) is 5.69 Å². The third-order valence-electron chi connectivity index (χ3n) is 13.7. The van der Waals surface area contributed by atoms with Gasteiger partial charge in [-0.2, -0.15) is 0 Å². The minimum Gasteiger partial charge on any atom is -0.512 e. The van der Waals surface area contributed by atoms with Crippen molar-refractivity contribution < 1.29 is 20.1 Å². The quantitative estimate of drug-likeness (QED) is 0.290. The van der Waals surface area contributed by atoms with Gasteiger partial charge in [0.05, 0.1) is 23.8 Å². The summed E-state index contributed by atoms with van der Waals surface area (Å²) in [6, 6.07) is 7.03. The van der Waals surface area contributed by atoms with E-state index in [1.807, 2.05) is 34.6 Å². The third-order valence-corrected chi connectivity index (χ3v) is 16.2. The number of benzene rings is 1. The van der Waals surface area contributed by atoms with Gasteiger partial charge in [0, 0.05) is 29.7 Å². The zero-order valence-corrected chi connectivity index (χ0v) is 27.0. The fourth-order valence-corrected chi connectivity index (χ4v) is 14.5. The predicted octanol–water partition coefficient (Wildman–Crippen LogP) is 6.63. The summed E-state index contributed by atoms with van der Waals surface area (Å²) in [5, 5.41) is 38.1. The zero-order chi connectivity index (χ0) is 28.9. The topological polar surface area (TPSA) is 82.0 Å². The van der Waals surface area contributed by atoms with Gasteiger partial charge >= 0.3 is 0 Å². The molecule has 5 nitrogen and oxygen atoms in total. The minimum atomic E-state index is -1.04. The molecule has 7 rings (SSSR count). The van der Waals surface area contributed by atoms with E-state index in [-0.39, 0.29) is 28.2 Å². The Morgan fingerprint density at radius 1 is 1.10 bits per heavy atom. The minimum absolute atomic E-state index is 0.0241. The normalized spacial score (nSPS) is 49.0. The van der Waals surface area contributed by atoms with Gasteiger partial charge in [0.2, 0.25) is 0 Å². The van der Waals surface area contributed by atoms with E-state index >= 15 is 0 Å². The lowest BCUT2D eigenvalue weighted by Gasteiger charge is -2.57. The van der Waals surface area contributed by atoms with E-state index < -0.39 is 17.8 Å². The highest BCUT2D eigenvalue weighted by molar-refractivity contribution is 8.76. The molecule has 6 aliphatic rings. The molecular formula is C34H49NO4S2. The number of hydrogen-bond donors (Lipinski definition) is 4. The number of fused-ring (bicyclic) bond motifs is 5. The van der Waals surface area contributed by atoms with Crippen molar-refractivity contribution in [2.45, 2.75) is 96.5 Å². The Kier molecular flexibility index (Phi) is 6.92. The van der Waals surface area contributed by atoms with Gasteiger partial charge in [0.25, 0.3) is 0 Å². The molecule has 4 fully saturated rings. The predicted molar refractivity (Wildman–Crippen MR) is 169 cm³/mol. The molecule has 4 saturated carbocycles. The Balaban J connectivity index is 1.26. The second kappa shape index (κ2) is 9.82. The van der Waals surface area contributed by atoms with Crippen LogP contribution in [-0.2, 0) is 17.6 Å². The summed E-state index contributed by atoms with van der Waals surface area (Å²) in [4.78, 5) is 0. The van der Waals surface area contributed by atoms with Crippen molar-refractivity contribution in [2.75, 3.05) is 23.9 Å². The van der Waals surface area contributed by atoms with Crippen LogP contribution in [0.1, 0.15) is 70.9 Å². The van der Waals surface area contributed by atoms with Gasteiger partial charge < -0.3 is 25.4 Å². The molecule has 7 heteroatoms. The van der Waals surface area contributed by atoms with E-state index in [0.717, 1.165) is 30.8 Å².